The normalized spacial score (nSPS) is 17.0. The van der Waals surface area contributed by atoms with Gasteiger partial charge in [-0.1, -0.05) is 6.07 Å². The predicted octanol–water partition coefficient (Wildman–Crippen LogP) is 3.03. The Hall–Kier alpha value is -3.91. The van der Waals surface area contributed by atoms with Crippen LogP contribution in [0, 0.1) is 0 Å². The zero-order valence-corrected chi connectivity index (χ0v) is 24.4. The van der Waals surface area contributed by atoms with Gasteiger partial charge in [0.1, 0.15) is 5.69 Å². The predicted molar refractivity (Wildman–Crippen MR) is 153 cm³/mol. The van der Waals surface area contributed by atoms with E-state index < -0.39 is 18.0 Å². The molecule has 0 aromatic carbocycles. The van der Waals surface area contributed by atoms with Crippen LogP contribution in [0.3, 0.4) is 0 Å². The molecule has 226 valence electrons. The maximum atomic E-state index is 13.9. The number of hydrogen-bond donors (Lipinski definition) is 2. The van der Waals surface area contributed by atoms with E-state index in [-0.39, 0.29) is 29.0 Å². The molecule has 0 aliphatic carbocycles. The second kappa shape index (κ2) is 11.8. The molecule has 2 aliphatic heterocycles. The van der Waals surface area contributed by atoms with Crippen LogP contribution in [-0.2, 0) is 5.54 Å². The number of nitrogens with one attached hydrogen (secondary N) is 1. The van der Waals surface area contributed by atoms with Crippen molar-refractivity contribution in [3.63, 3.8) is 0 Å². The molecule has 5 rings (SSSR count). The summed E-state index contributed by atoms with van der Waals surface area (Å²) >= 11 is 0. The van der Waals surface area contributed by atoms with Crippen molar-refractivity contribution in [3.05, 3.63) is 48.2 Å². The van der Waals surface area contributed by atoms with Crippen molar-refractivity contribution in [2.75, 3.05) is 52.1 Å². The van der Waals surface area contributed by atoms with Gasteiger partial charge in [-0.2, -0.15) is 10.2 Å². The van der Waals surface area contributed by atoms with Crippen molar-refractivity contribution in [1.29, 1.82) is 0 Å². The first kappa shape index (κ1) is 29.6. The molecular formula is C28H38F2N10O2. The van der Waals surface area contributed by atoms with Crippen LogP contribution in [0.25, 0.3) is 11.3 Å². The van der Waals surface area contributed by atoms with E-state index in [2.05, 4.69) is 25.4 Å². The molecule has 14 heteroatoms. The van der Waals surface area contributed by atoms with E-state index in [1.54, 1.807) is 42.0 Å². The Balaban J connectivity index is 1.23. The lowest BCUT2D eigenvalue weighted by Crippen LogP contribution is -2.56. The van der Waals surface area contributed by atoms with Crippen molar-refractivity contribution >= 4 is 17.6 Å². The second-order valence-corrected chi connectivity index (χ2v) is 11.8. The number of piperidine rings is 1. The highest BCUT2D eigenvalue weighted by Gasteiger charge is 2.37. The van der Waals surface area contributed by atoms with Crippen LogP contribution in [0.5, 0.6) is 0 Å². The Labute approximate surface area is 243 Å². The van der Waals surface area contributed by atoms with Gasteiger partial charge >= 0.3 is 6.03 Å². The van der Waals surface area contributed by atoms with Gasteiger partial charge in [0.2, 0.25) is 0 Å². The summed E-state index contributed by atoms with van der Waals surface area (Å²) in [5.74, 6) is -0.609. The molecule has 0 atom stereocenters. The van der Waals surface area contributed by atoms with Crippen LogP contribution in [-0.4, -0.2) is 104 Å². The van der Waals surface area contributed by atoms with Gasteiger partial charge in [-0.15, -0.1) is 0 Å². The topological polar surface area (TPSA) is 130 Å². The van der Waals surface area contributed by atoms with Gasteiger partial charge in [-0.3, -0.25) is 19.1 Å². The van der Waals surface area contributed by atoms with E-state index in [4.69, 9.17) is 5.73 Å². The molecular weight excluding hydrogens is 546 g/mol. The summed E-state index contributed by atoms with van der Waals surface area (Å²) in [6.07, 6.45) is 3.81. The molecule has 2 fully saturated rings. The Morgan fingerprint density at radius 1 is 1.14 bits per heavy atom. The molecule has 3 amide bonds. The maximum Gasteiger partial charge on any atom is 0.319 e. The van der Waals surface area contributed by atoms with Crippen LogP contribution in [0.4, 0.5) is 19.3 Å². The van der Waals surface area contributed by atoms with Crippen molar-refractivity contribution in [2.24, 2.45) is 5.73 Å². The number of carbonyl (C=O) groups excluding carboxylic acids is 2. The molecule has 0 spiro atoms. The minimum atomic E-state index is -2.85. The standard InChI is InChI=1S/C28H38F2N10O2/c1-28(2,17-31)40-13-18(12-32-40)21-6-5-7-22(33-21)26(41)34-23-16-39(35-24(23)25(29)30)20-14-38(15-20)19-8-10-37(11-9-19)27(42)36(3)4/h5-7,12-13,16,19-20,25H,8-11,14-15,17,31H2,1-4H3,(H,34,41). The highest BCUT2D eigenvalue weighted by atomic mass is 19.3. The van der Waals surface area contributed by atoms with Crippen molar-refractivity contribution < 1.29 is 18.4 Å². The highest BCUT2D eigenvalue weighted by molar-refractivity contribution is 6.03. The molecule has 3 N–H and O–H groups in total. The average molecular weight is 585 g/mol. The maximum absolute atomic E-state index is 13.9. The van der Waals surface area contributed by atoms with Gasteiger partial charge in [0.05, 0.1) is 29.2 Å². The number of anilines is 1. The van der Waals surface area contributed by atoms with Crippen molar-refractivity contribution in [2.45, 2.75) is 50.7 Å². The van der Waals surface area contributed by atoms with Gasteiger partial charge in [0.25, 0.3) is 12.3 Å². The van der Waals surface area contributed by atoms with Gasteiger partial charge in [0.15, 0.2) is 5.69 Å². The lowest BCUT2D eigenvalue weighted by Gasteiger charge is -2.47. The van der Waals surface area contributed by atoms with Crippen LogP contribution < -0.4 is 11.1 Å². The van der Waals surface area contributed by atoms with Gasteiger partial charge < -0.3 is 20.9 Å². The van der Waals surface area contributed by atoms with Crippen LogP contribution in [0.2, 0.25) is 0 Å². The molecule has 0 bridgehead atoms. The fourth-order valence-corrected chi connectivity index (χ4v) is 5.30. The zero-order valence-electron chi connectivity index (χ0n) is 24.4. The quantitative estimate of drug-likeness (QED) is 0.416. The number of pyridine rings is 1. The largest absolute Gasteiger partial charge is 0.331 e. The number of hydrogen-bond acceptors (Lipinski definition) is 7. The third-order valence-electron chi connectivity index (χ3n) is 8.09. The average Bonchev–Trinajstić information content (AvgIpc) is 3.61. The van der Waals surface area contributed by atoms with Crippen LogP contribution in [0.1, 0.15) is 55.3 Å². The van der Waals surface area contributed by atoms with Gasteiger partial charge in [0, 0.05) is 70.8 Å². The summed E-state index contributed by atoms with van der Waals surface area (Å²) < 4.78 is 31.1. The van der Waals surface area contributed by atoms with E-state index in [0.29, 0.717) is 50.0 Å². The van der Waals surface area contributed by atoms with E-state index >= 15 is 0 Å². The van der Waals surface area contributed by atoms with Gasteiger partial charge in [-0.25, -0.2) is 18.6 Å². The molecule has 2 aliphatic rings. The number of aromatic nitrogens is 5. The number of nitrogens with two attached hydrogens (primary N) is 1. The molecule has 0 unspecified atom stereocenters. The fraction of sp³-hybridized carbons (Fsp3) is 0.536. The monoisotopic (exact) mass is 584 g/mol. The Kier molecular flexibility index (Phi) is 8.28. The van der Waals surface area contributed by atoms with Gasteiger partial charge in [-0.05, 0) is 38.8 Å². The minimum Gasteiger partial charge on any atom is -0.331 e. The number of halogens is 2. The SMILES string of the molecule is CN(C)C(=O)N1CCC(N2CC(n3cc(NC(=O)c4cccc(-c5cnn(C(C)(C)CN)c5)n4)c(C(F)F)n3)C2)CC1. The van der Waals surface area contributed by atoms with Crippen molar-refractivity contribution in [3.8, 4) is 11.3 Å². The first-order chi connectivity index (χ1) is 20.0. The lowest BCUT2D eigenvalue weighted by atomic mass is 9.97. The number of likely N-dealkylation sites (tertiary alicyclic amines) is 2. The van der Waals surface area contributed by atoms with Crippen molar-refractivity contribution in [1.82, 2.24) is 39.2 Å². The number of carbonyl (C=O) groups is 2. The highest BCUT2D eigenvalue weighted by Crippen LogP contribution is 2.32. The summed E-state index contributed by atoms with van der Waals surface area (Å²) in [4.78, 5) is 35.5. The summed E-state index contributed by atoms with van der Waals surface area (Å²) in [6, 6.07) is 5.24. The Morgan fingerprint density at radius 2 is 1.86 bits per heavy atom. The molecule has 0 saturated carbocycles. The summed E-state index contributed by atoms with van der Waals surface area (Å²) in [7, 11) is 3.50. The molecule has 3 aromatic heterocycles. The fourth-order valence-electron chi connectivity index (χ4n) is 5.30. The minimum absolute atomic E-state index is 0.0187. The molecule has 12 nitrogen and oxygen atoms in total. The molecule has 3 aromatic rings. The van der Waals surface area contributed by atoms with E-state index in [9.17, 15) is 18.4 Å². The number of urea groups is 1. The summed E-state index contributed by atoms with van der Waals surface area (Å²) in [5.41, 5.74) is 6.27. The Morgan fingerprint density at radius 3 is 2.50 bits per heavy atom. The summed E-state index contributed by atoms with van der Waals surface area (Å²) in [6.45, 7) is 7.04. The molecule has 0 radical (unpaired) electrons. The van der Waals surface area contributed by atoms with E-state index in [0.717, 1.165) is 12.8 Å². The molecule has 42 heavy (non-hydrogen) atoms. The number of alkyl halides is 2. The third kappa shape index (κ3) is 6.00. The van der Waals surface area contributed by atoms with E-state index in [1.807, 2.05) is 24.9 Å². The third-order valence-corrected chi connectivity index (χ3v) is 8.09. The zero-order chi connectivity index (χ0) is 30.2. The smallest absolute Gasteiger partial charge is 0.319 e. The second-order valence-electron chi connectivity index (χ2n) is 11.8. The van der Waals surface area contributed by atoms with Crippen LogP contribution in [0.15, 0.2) is 36.8 Å². The van der Waals surface area contributed by atoms with Crippen LogP contribution >= 0.6 is 0 Å². The number of rotatable bonds is 8. The first-order valence-corrected chi connectivity index (χ1v) is 14.1. The lowest BCUT2D eigenvalue weighted by molar-refractivity contribution is 0.0234. The molecule has 2 saturated heterocycles. The number of nitrogens with zero attached hydrogens (tertiary/aromatic N) is 8. The Bertz CT molecular complexity index is 1420. The number of amides is 3. The summed E-state index contributed by atoms with van der Waals surface area (Å²) in [5, 5.41) is 11.1. The molecule has 5 heterocycles. The van der Waals surface area contributed by atoms with E-state index in [1.165, 1.54) is 16.9 Å². The first-order valence-electron chi connectivity index (χ1n) is 14.1.